The number of sulfonamides is 1. The summed E-state index contributed by atoms with van der Waals surface area (Å²) < 4.78 is 68.5. The van der Waals surface area contributed by atoms with Gasteiger partial charge in [0.15, 0.2) is 5.76 Å². The molecule has 0 aliphatic heterocycles. The second kappa shape index (κ2) is 8.18. The number of benzene rings is 2. The molecule has 4 rings (SSSR count). The highest BCUT2D eigenvalue weighted by atomic mass is 32.2. The van der Waals surface area contributed by atoms with Crippen LogP contribution in [-0.4, -0.2) is 27.5 Å². The van der Waals surface area contributed by atoms with Gasteiger partial charge in [-0.1, -0.05) is 12.1 Å². The molecule has 0 radical (unpaired) electrons. The smallest absolute Gasteiger partial charge is 0.387 e. The summed E-state index contributed by atoms with van der Waals surface area (Å²) in [6.45, 7) is -1.12. The Morgan fingerprint density at radius 3 is 2.61 bits per heavy atom. The molecule has 1 amide bonds. The molecule has 31 heavy (non-hydrogen) atoms. The molecule has 3 aromatic rings. The molecule has 1 aromatic heterocycles. The maximum absolute atomic E-state index is 12.8. The Balaban J connectivity index is 1.66. The second-order valence-corrected chi connectivity index (χ2v) is 8.66. The van der Waals surface area contributed by atoms with Crippen molar-refractivity contribution in [3.05, 3.63) is 53.8 Å². The lowest BCUT2D eigenvalue weighted by Crippen LogP contribution is -2.30. The lowest BCUT2D eigenvalue weighted by molar-refractivity contribution is -0.0488. The molecule has 0 saturated heterocycles. The lowest BCUT2D eigenvalue weighted by atomic mass is 10.1. The third-order valence-corrected chi connectivity index (χ3v) is 6.15. The Morgan fingerprint density at radius 2 is 1.94 bits per heavy atom. The van der Waals surface area contributed by atoms with Crippen LogP contribution in [0.15, 0.2) is 51.8 Å². The maximum atomic E-state index is 12.8. The first-order valence-electron chi connectivity index (χ1n) is 9.59. The second-order valence-electron chi connectivity index (χ2n) is 7.01. The molecular formula is C21H19F2NO6S. The highest BCUT2D eigenvalue weighted by molar-refractivity contribution is 7.90. The normalized spacial score (nSPS) is 14.1. The summed E-state index contributed by atoms with van der Waals surface area (Å²) in [6.07, 6.45) is 1.84. The molecule has 0 bridgehead atoms. The standard InChI is InChI=1S/C21H19F2NO6S/c1-2-28-15-5-3-4-6-19(15)31(26,27)24-20(25)18-11-14-16(29-18)9-13(12-7-8-12)10-17(14)30-21(22)23/h3-6,9-12,21H,2,7-8H2,1H3,(H,24,25). The van der Waals surface area contributed by atoms with Gasteiger partial charge in [0, 0.05) is 6.07 Å². The van der Waals surface area contributed by atoms with Gasteiger partial charge in [0.25, 0.3) is 10.0 Å². The van der Waals surface area contributed by atoms with E-state index in [1.54, 1.807) is 19.1 Å². The summed E-state index contributed by atoms with van der Waals surface area (Å²) in [5.74, 6) is -1.20. The van der Waals surface area contributed by atoms with E-state index in [2.05, 4.69) is 4.74 Å². The van der Waals surface area contributed by atoms with Crippen molar-refractivity contribution in [3.8, 4) is 11.5 Å². The van der Waals surface area contributed by atoms with Crippen molar-refractivity contribution in [2.24, 2.45) is 0 Å². The van der Waals surface area contributed by atoms with Crippen LogP contribution in [0.25, 0.3) is 11.0 Å². The first-order chi connectivity index (χ1) is 14.8. The molecule has 1 saturated carbocycles. The minimum atomic E-state index is -4.27. The van der Waals surface area contributed by atoms with E-state index >= 15 is 0 Å². The first kappa shape index (κ1) is 21.1. The van der Waals surface area contributed by atoms with Crippen molar-refractivity contribution in [1.29, 1.82) is 0 Å². The van der Waals surface area contributed by atoms with Gasteiger partial charge in [0.2, 0.25) is 0 Å². The molecule has 2 aromatic carbocycles. The summed E-state index contributed by atoms with van der Waals surface area (Å²) in [7, 11) is -4.27. The van der Waals surface area contributed by atoms with Crippen molar-refractivity contribution in [1.82, 2.24) is 4.72 Å². The molecule has 0 unspecified atom stereocenters. The van der Waals surface area contributed by atoms with Gasteiger partial charge in [0.1, 0.15) is 22.0 Å². The van der Waals surface area contributed by atoms with E-state index in [0.29, 0.717) is 0 Å². The monoisotopic (exact) mass is 451 g/mol. The summed E-state index contributed by atoms with van der Waals surface area (Å²) >= 11 is 0. The number of rotatable bonds is 8. The zero-order chi connectivity index (χ0) is 22.2. The predicted molar refractivity (Wildman–Crippen MR) is 107 cm³/mol. The first-order valence-corrected chi connectivity index (χ1v) is 11.1. The number of hydrogen-bond acceptors (Lipinski definition) is 6. The van der Waals surface area contributed by atoms with Crippen LogP contribution in [0.4, 0.5) is 8.78 Å². The average Bonchev–Trinajstić information content (AvgIpc) is 3.46. The van der Waals surface area contributed by atoms with Gasteiger partial charge in [-0.3, -0.25) is 4.79 Å². The van der Waals surface area contributed by atoms with Crippen molar-refractivity contribution >= 4 is 26.9 Å². The van der Waals surface area contributed by atoms with E-state index in [1.807, 2.05) is 4.72 Å². The average molecular weight is 451 g/mol. The molecule has 0 spiro atoms. The number of carbonyl (C=O) groups is 1. The van der Waals surface area contributed by atoms with Crippen LogP contribution in [0.5, 0.6) is 11.5 Å². The summed E-state index contributed by atoms with van der Waals surface area (Å²) in [5.41, 5.74) is 0.931. The van der Waals surface area contributed by atoms with Crippen molar-refractivity contribution in [2.45, 2.75) is 37.2 Å². The van der Waals surface area contributed by atoms with Crippen LogP contribution in [0.2, 0.25) is 0 Å². The predicted octanol–water partition coefficient (Wildman–Crippen LogP) is 4.43. The van der Waals surface area contributed by atoms with Crippen LogP contribution < -0.4 is 14.2 Å². The fourth-order valence-electron chi connectivity index (χ4n) is 3.26. The van der Waals surface area contributed by atoms with Crippen LogP contribution >= 0.6 is 0 Å². The zero-order valence-electron chi connectivity index (χ0n) is 16.4. The van der Waals surface area contributed by atoms with Gasteiger partial charge in [-0.2, -0.15) is 8.78 Å². The van der Waals surface area contributed by atoms with Crippen molar-refractivity contribution < 1.29 is 35.9 Å². The van der Waals surface area contributed by atoms with Crippen LogP contribution in [-0.2, 0) is 10.0 Å². The Labute approximate surface area is 177 Å². The number of ether oxygens (including phenoxy) is 2. The minimum Gasteiger partial charge on any atom is -0.492 e. The number of amides is 1. The number of nitrogens with one attached hydrogen (secondary N) is 1. The largest absolute Gasteiger partial charge is 0.492 e. The molecule has 7 nitrogen and oxygen atoms in total. The Bertz CT molecular complexity index is 1230. The van der Waals surface area contributed by atoms with Crippen molar-refractivity contribution in [3.63, 3.8) is 0 Å². The Kier molecular flexibility index (Phi) is 5.57. The molecule has 1 aliphatic carbocycles. The van der Waals surface area contributed by atoms with Gasteiger partial charge >= 0.3 is 12.5 Å². The number of halogens is 2. The van der Waals surface area contributed by atoms with Gasteiger partial charge in [-0.25, -0.2) is 13.1 Å². The Hall–Kier alpha value is -3.14. The number of fused-ring (bicyclic) bond motifs is 1. The number of para-hydroxylation sites is 1. The van der Waals surface area contributed by atoms with E-state index in [9.17, 15) is 22.0 Å². The van der Waals surface area contributed by atoms with E-state index in [4.69, 9.17) is 9.15 Å². The van der Waals surface area contributed by atoms with Gasteiger partial charge in [-0.15, -0.1) is 0 Å². The molecule has 1 N–H and O–H groups in total. The van der Waals surface area contributed by atoms with Gasteiger partial charge in [0.05, 0.1) is 12.0 Å². The number of hydrogen-bond donors (Lipinski definition) is 1. The Morgan fingerprint density at radius 1 is 1.19 bits per heavy atom. The minimum absolute atomic E-state index is 0.0941. The quantitative estimate of drug-likeness (QED) is 0.545. The fraction of sp³-hybridized carbons (Fsp3) is 0.286. The van der Waals surface area contributed by atoms with E-state index in [1.165, 1.54) is 30.3 Å². The summed E-state index contributed by atoms with van der Waals surface area (Å²) in [6, 6.07) is 10.2. The highest BCUT2D eigenvalue weighted by Gasteiger charge is 2.28. The van der Waals surface area contributed by atoms with Crippen LogP contribution in [0, 0.1) is 0 Å². The van der Waals surface area contributed by atoms with Gasteiger partial charge < -0.3 is 13.9 Å². The number of alkyl halides is 2. The topological polar surface area (TPSA) is 94.8 Å². The fourth-order valence-corrected chi connectivity index (χ4v) is 4.36. The van der Waals surface area contributed by atoms with Crippen LogP contribution in [0.1, 0.15) is 41.8 Å². The SMILES string of the molecule is CCOc1ccccc1S(=O)(=O)NC(=O)c1cc2c(OC(F)F)cc(C3CC3)cc2o1. The third-order valence-electron chi connectivity index (χ3n) is 4.78. The maximum Gasteiger partial charge on any atom is 0.387 e. The van der Waals surface area contributed by atoms with E-state index in [0.717, 1.165) is 18.4 Å². The van der Waals surface area contributed by atoms with Gasteiger partial charge in [-0.05, 0) is 55.5 Å². The molecule has 10 heteroatoms. The lowest BCUT2D eigenvalue weighted by Gasteiger charge is -2.10. The van der Waals surface area contributed by atoms with Crippen molar-refractivity contribution in [2.75, 3.05) is 6.61 Å². The highest BCUT2D eigenvalue weighted by Crippen LogP contribution is 2.44. The molecule has 1 aliphatic rings. The molecule has 0 atom stereocenters. The molecule has 164 valence electrons. The third kappa shape index (κ3) is 4.48. The van der Waals surface area contributed by atoms with E-state index < -0.39 is 22.5 Å². The molecular weight excluding hydrogens is 432 g/mol. The summed E-state index contributed by atoms with van der Waals surface area (Å²) in [4.78, 5) is 12.4. The molecule has 1 heterocycles. The molecule has 1 fully saturated rings. The van der Waals surface area contributed by atoms with Crippen LogP contribution in [0.3, 0.4) is 0 Å². The number of furan rings is 1. The number of carbonyl (C=O) groups excluding carboxylic acids is 1. The summed E-state index contributed by atoms with van der Waals surface area (Å²) in [5, 5.41) is 0.155. The van der Waals surface area contributed by atoms with E-state index in [-0.39, 0.29) is 45.6 Å². The zero-order valence-corrected chi connectivity index (χ0v) is 17.2.